The number of H-pyrrole nitrogens is 1. The van der Waals surface area contributed by atoms with Crippen LogP contribution < -0.4 is 5.56 Å². The molecule has 0 aliphatic heterocycles. The predicted molar refractivity (Wildman–Crippen MR) is 90.9 cm³/mol. The number of nitrogens with one attached hydrogen (secondary N) is 1. The lowest BCUT2D eigenvalue weighted by molar-refractivity contribution is -0.129. The first-order valence-corrected chi connectivity index (χ1v) is 8.64. The summed E-state index contributed by atoms with van der Waals surface area (Å²) < 4.78 is 52.3. The first-order valence-electron chi connectivity index (χ1n) is 7.27. The third-order valence-corrected chi connectivity index (χ3v) is 4.61. The molecule has 3 aromatic rings. The van der Waals surface area contributed by atoms with Crippen molar-refractivity contribution in [2.24, 2.45) is 7.05 Å². The second kappa shape index (κ2) is 6.92. The summed E-state index contributed by atoms with van der Waals surface area (Å²) >= 11 is 6.51. The Morgan fingerprint density at radius 3 is 2.69 bits per heavy atom. The number of fused-ring (bicyclic) bond motifs is 1. The van der Waals surface area contributed by atoms with E-state index in [4.69, 9.17) is 11.6 Å². The van der Waals surface area contributed by atoms with Crippen molar-refractivity contribution >= 4 is 34.5 Å². The third-order valence-electron chi connectivity index (χ3n) is 3.50. The Morgan fingerprint density at radius 1 is 1.31 bits per heavy atom. The first-order chi connectivity index (χ1) is 12.2. The number of imidazole rings is 1. The standard InChI is InChI=1S/C15H11ClF4N4OS/c1-24-11(8-3-2-7(16)6-9(8)17)21-10-12(24)22-14(23-13(10)25)26-5-4-15(18,19)20/h2-3,6H,4-5H2,1H3,(H,22,23,25). The molecule has 2 aromatic heterocycles. The van der Waals surface area contributed by atoms with Crippen LogP contribution in [0.25, 0.3) is 22.6 Å². The monoisotopic (exact) mass is 406 g/mol. The van der Waals surface area contributed by atoms with Crippen molar-refractivity contribution in [3.05, 3.63) is 39.4 Å². The molecule has 0 saturated carbocycles. The number of aryl methyl sites for hydroxylation is 1. The zero-order chi connectivity index (χ0) is 19.1. The number of nitrogens with zero attached hydrogens (tertiary/aromatic N) is 3. The summed E-state index contributed by atoms with van der Waals surface area (Å²) in [6.07, 6.45) is -5.30. The van der Waals surface area contributed by atoms with Crippen LogP contribution in [0.5, 0.6) is 0 Å². The number of aromatic nitrogens is 4. The Labute approximate surface area is 153 Å². The first kappa shape index (κ1) is 18.7. The molecule has 0 fully saturated rings. The molecule has 2 heterocycles. The van der Waals surface area contributed by atoms with Gasteiger partial charge in [-0.15, -0.1) is 0 Å². The molecular weight excluding hydrogens is 396 g/mol. The number of rotatable bonds is 4. The van der Waals surface area contributed by atoms with Crippen LogP contribution in [0.15, 0.2) is 28.2 Å². The highest BCUT2D eigenvalue weighted by Gasteiger charge is 2.26. The van der Waals surface area contributed by atoms with Gasteiger partial charge in [0.25, 0.3) is 5.56 Å². The molecule has 0 aliphatic carbocycles. The molecule has 0 bridgehead atoms. The minimum absolute atomic E-state index is 0.0305. The van der Waals surface area contributed by atoms with Gasteiger partial charge in [-0.1, -0.05) is 23.4 Å². The molecule has 1 N–H and O–H groups in total. The number of alkyl halides is 3. The molecule has 0 saturated heterocycles. The Balaban J connectivity index is 2.00. The van der Waals surface area contributed by atoms with E-state index in [9.17, 15) is 22.4 Å². The number of hydrogen-bond acceptors (Lipinski definition) is 4. The number of thioether (sulfide) groups is 1. The lowest BCUT2D eigenvalue weighted by Gasteiger charge is -2.06. The Hall–Kier alpha value is -2.07. The van der Waals surface area contributed by atoms with Crippen molar-refractivity contribution in [3.8, 4) is 11.4 Å². The van der Waals surface area contributed by atoms with Gasteiger partial charge in [0.2, 0.25) is 0 Å². The summed E-state index contributed by atoms with van der Waals surface area (Å²) in [6.45, 7) is 0. The SMILES string of the molecule is Cn1c(-c2ccc(Cl)cc2F)nc2c(=O)[nH]c(SCCC(F)(F)F)nc21. The molecule has 0 spiro atoms. The Morgan fingerprint density at radius 2 is 2.04 bits per heavy atom. The summed E-state index contributed by atoms with van der Waals surface area (Å²) in [7, 11) is 1.54. The minimum atomic E-state index is -4.29. The maximum atomic E-state index is 14.1. The van der Waals surface area contributed by atoms with Gasteiger partial charge in [-0.3, -0.25) is 9.78 Å². The largest absolute Gasteiger partial charge is 0.389 e. The third kappa shape index (κ3) is 3.85. The van der Waals surface area contributed by atoms with E-state index in [1.54, 1.807) is 0 Å². The molecule has 0 atom stereocenters. The average Bonchev–Trinajstić information content (AvgIpc) is 2.84. The zero-order valence-electron chi connectivity index (χ0n) is 13.2. The summed E-state index contributed by atoms with van der Waals surface area (Å²) in [5, 5.41) is 0.252. The summed E-state index contributed by atoms with van der Waals surface area (Å²) in [5.74, 6) is -0.745. The van der Waals surface area contributed by atoms with Crippen LogP contribution in [0, 0.1) is 5.82 Å². The molecule has 1 aromatic carbocycles. The van der Waals surface area contributed by atoms with Crippen molar-refractivity contribution in [2.45, 2.75) is 17.8 Å². The van der Waals surface area contributed by atoms with Crippen molar-refractivity contribution < 1.29 is 17.6 Å². The second-order valence-electron chi connectivity index (χ2n) is 5.38. The van der Waals surface area contributed by atoms with E-state index in [0.29, 0.717) is 0 Å². The highest BCUT2D eigenvalue weighted by Crippen LogP contribution is 2.28. The smallest absolute Gasteiger partial charge is 0.311 e. The molecule has 11 heteroatoms. The van der Waals surface area contributed by atoms with Crippen molar-refractivity contribution in [2.75, 3.05) is 5.75 Å². The zero-order valence-corrected chi connectivity index (χ0v) is 14.8. The van der Waals surface area contributed by atoms with E-state index in [2.05, 4.69) is 15.0 Å². The molecule has 26 heavy (non-hydrogen) atoms. The van der Waals surface area contributed by atoms with Gasteiger partial charge in [0, 0.05) is 17.8 Å². The van der Waals surface area contributed by atoms with Gasteiger partial charge in [0.05, 0.1) is 12.0 Å². The van der Waals surface area contributed by atoms with Crippen molar-refractivity contribution in [3.63, 3.8) is 0 Å². The van der Waals surface area contributed by atoms with Gasteiger partial charge in [0.1, 0.15) is 11.6 Å². The average molecular weight is 407 g/mol. The van der Waals surface area contributed by atoms with Crippen LogP contribution >= 0.6 is 23.4 Å². The highest BCUT2D eigenvalue weighted by molar-refractivity contribution is 7.99. The van der Waals surface area contributed by atoms with Crippen molar-refractivity contribution in [1.82, 2.24) is 19.5 Å². The molecule has 0 amide bonds. The molecule has 0 radical (unpaired) electrons. The minimum Gasteiger partial charge on any atom is -0.311 e. The van der Waals surface area contributed by atoms with E-state index in [1.807, 2.05) is 0 Å². The van der Waals surface area contributed by atoms with Crippen molar-refractivity contribution in [1.29, 1.82) is 0 Å². The topological polar surface area (TPSA) is 63.6 Å². The second-order valence-corrected chi connectivity index (χ2v) is 6.90. The maximum absolute atomic E-state index is 14.1. The van der Waals surface area contributed by atoms with E-state index in [1.165, 1.54) is 23.7 Å². The predicted octanol–water partition coefficient (Wildman–Crippen LogP) is 4.16. The van der Waals surface area contributed by atoms with E-state index < -0.39 is 24.0 Å². The molecular formula is C15H11ClF4N4OS. The molecule has 0 aliphatic rings. The lowest BCUT2D eigenvalue weighted by atomic mass is 10.2. The Kier molecular flexibility index (Phi) is 4.98. The Bertz CT molecular complexity index is 1030. The number of halogens is 5. The number of aromatic amines is 1. The van der Waals surface area contributed by atoms with Gasteiger partial charge in [-0.2, -0.15) is 13.2 Å². The molecule has 5 nitrogen and oxygen atoms in total. The van der Waals surface area contributed by atoms with Gasteiger partial charge < -0.3 is 4.57 Å². The summed E-state index contributed by atoms with van der Waals surface area (Å²) in [5.41, 5.74) is -0.370. The van der Waals surface area contributed by atoms with Crippen LogP contribution in [0.1, 0.15) is 6.42 Å². The fourth-order valence-corrected chi connectivity index (χ4v) is 3.30. The lowest BCUT2D eigenvalue weighted by Crippen LogP contribution is -2.11. The maximum Gasteiger partial charge on any atom is 0.389 e. The summed E-state index contributed by atoms with van der Waals surface area (Å²) in [6, 6.07) is 4.02. The fourth-order valence-electron chi connectivity index (χ4n) is 2.29. The van der Waals surface area contributed by atoms with Gasteiger partial charge in [-0.25, -0.2) is 14.4 Å². The van der Waals surface area contributed by atoms with E-state index >= 15 is 0 Å². The van der Waals surface area contributed by atoms with Crippen LogP contribution in [0.4, 0.5) is 17.6 Å². The van der Waals surface area contributed by atoms with Gasteiger partial charge >= 0.3 is 6.18 Å². The molecule has 138 valence electrons. The van der Waals surface area contributed by atoms with Crippen LogP contribution in [-0.2, 0) is 7.05 Å². The number of hydrogen-bond donors (Lipinski definition) is 1. The highest BCUT2D eigenvalue weighted by atomic mass is 35.5. The molecule has 0 unspecified atom stereocenters. The van der Waals surface area contributed by atoms with Gasteiger partial charge in [-0.05, 0) is 18.2 Å². The quantitative estimate of drug-likeness (QED) is 0.401. The summed E-state index contributed by atoms with van der Waals surface area (Å²) in [4.78, 5) is 22.8. The van der Waals surface area contributed by atoms with E-state index in [-0.39, 0.29) is 38.5 Å². The van der Waals surface area contributed by atoms with E-state index in [0.717, 1.165) is 17.8 Å². The normalized spacial score (nSPS) is 12.1. The number of benzene rings is 1. The van der Waals surface area contributed by atoms with Crippen LogP contribution in [0.2, 0.25) is 5.02 Å². The van der Waals surface area contributed by atoms with Gasteiger partial charge in [0.15, 0.2) is 16.3 Å². The fraction of sp³-hybridized carbons (Fsp3) is 0.267. The van der Waals surface area contributed by atoms with Crippen LogP contribution in [0.3, 0.4) is 0 Å². The molecule has 3 rings (SSSR count). The van der Waals surface area contributed by atoms with Crippen LogP contribution in [-0.4, -0.2) is 31.4 Å².